The Morgan fingerprint density at radius 3 is 2.54 bits per heavy atom. The first-order chi connectivity index (χ1) is 12.5. The fourth-order valence-electron chi connectivity index (χ4n) is 2.78. The third kappa shape index (κ3) is 6.29. The van der Waals surface area contributed by atoms with Gasteiger partial charge >= 0.3 is 5.97 Å². The van der Waals surface area contributed by atoms with Gasteiger partial charge in [0.15, 0.2) is 6.61 Å². The molecule has 0 radical (unpaired) electrons. The van der Waals surface area contributed by atoms with E-state index in [1.54, 1.807) is 4.90 Å². The van der Waals surface area contributed by atoms with Crippen molar-refractivity contribution < 1.29 is 14.3 Å². The molecular formula is C19H26N2O3S2. The molecule has 1 aliphatic rings. The molecule has 0 atom stereocenters. The molecule has 0 spiro atoms. The molecule has 26 heavy (non-hydrogen) atoms. The molecule has 1 aromatic carbocycles. The zero-order chi connectivity index (χ0) is 18.9. The monoisotopic (exact) mass is 394 g/mol. The SMILES string of the molecule is CCN(C(=O)COC(=O)CSC(=S)N1CCC(C)CC1)c1ccccc1. The molecule has 7 heteroatoms. The Kier molecular flexibility index (Phi) is 8.38. The number of hydrogen-bond donors (Lipinski definition) is 0. The van der Waals surface area contributed by atoms with Crippen LogP contribution >= 0.6 is 24.0 Å². The van der Waals surface area contributed by atoms with Gasteiger partial charge in [0.2, 0.25) is 0 Å². The number of thioether (sulfide) groups is 1. The minimum Gasteiger partial charge on any atom is -0.455 e. The molecular weight excluding hydrogens is 368 g/mol. The summed E-state index contributed by atoms with van der Waals surface area (Å²) >= 11 is 6.71. The number of ether oxygens (including phenoxy) is 1. The summed E-state index contributed by atoms with van der Waals surface area (Å²) in [5.41, 5.74) is 0.797. The topological polar surface area (TPSA) is 49.9 Å². The van der Waals surface area contributed by atoms with Crippen molar-refractivity contribution >= 4 is 45.9 Å². The first kappa shape index (κ1) is 20.7. The first-order valence-corrected chi connectivity index (χ1v) is 10.3. The molecule has 0 aliphatic carbocycles. The Labute approximate surface area is 165 Å². The van der Waals surface area contributed by atoms with Crippen LogP contribution in [0.5, 0.6) is 0 Å². The minimum absolute atomic E-state index is 0.135. The van der Waals surface area contributed by atoms with Crippen molar-refractivity contribution in [1.29, 1.82) is 0 Å². The molecule has 1 aliphatic heterocycles. The van der Waals surface area contributed by atoms with E-state index in [2.05, 4.69) is 11.8 Å². The van der Waals surface area contributed by atoms with E-state index >= 15 is 0 Å². The van der Waals surface area contributed by atoms with Crippen molar-refractivity contribution in [1.82, 2.24) is 4.90 Å². The molecule has 0 saturated carbocycles. The van der Waals surface area contributed by atoms with Crippen molar-refractivity contribution in [3.8, 4) is 0 Å². The van der Waals surface area contributed by atoms with Gasteiger partial charge in [0.25, 0.3) is 5.91 Å². The highest BCUT2D eigenvalue weighted by molar-refractivity contribution is 8.23. The quantitative estimate of drug-likeness (QED) is 0.545. The van der Waals surface area contributed by atoms with Crippen LogP contribution in [0, 0.1) is 5.92 Å². The molecule has 1 saturated heterocycles. The molecule has 0 bridgehead atoms. The number of amides is 1. The Hall–Kier alpha value is -1.60. The number of likely N-dealkylation sites (tertiary alicyclic amines) is 1. The Bertz CT molecular complexity index is 616. The molecule has 0 N–H and O–H groups in total. The third-order valence-corrected chi connectivity index (χ3v) is 5.89. The normalized spacial score (nSPS) is 14.8. The zero-order valence-electron chi connectivity index (χ0n) is 15.3. The fourth-order valence-corrected chi connectivity index (χ4v) is 3.82. The summed E-state index contributed by atoms with van der Waals surface area (Å²) in [6.45, 7) is 6.30. The summed E-state index contributed by atoms with van der Waals surface area (Å²) in [6.07, 6.45) is 2.26. The number of rotatable bonds is 6. The van der Waals surface area contributed by atoms with Gasteiger partial charge in [0.1, 0.15) is 4.32 Å². The lowest BCUT2D eigenvalue weighted by Crippen LogP contribution is -2.36. The van der Waals surface area contributed by atoms with E-state index in [4.69, 9.17) is 17.0 Å². The standard InChI is InChI=1S/C19H26N2O3S2/c1-3-21(16-7-5-4-6-8-16)17(22)13-24-18(23)14-26-19(25)20-11-9-15(2)10-12-20/h4-8,15H,3,9-14H2,1-2H3. The van der Waals surface area contributed by atoms with Gasteiger partial charge in [-0.3, -0.25) is 9.59 Å². The van der Waals surface area contributed by atoms with Crippen LogP contribution in [0.15, 0.2) is 30.3 Å². The molecule has 2 rings (SSSR count). The second kappa shape index (κ2) is 10.5. The number of likely N-dealkylation sites (N-methyl/N-ethyl adjacent to an activating group) is 1. The van der Waals surface area contributed by atoms with Crippen LogP contribution in [0.1, 0.15) is 26.7 Å². The minimum atomic E-state index is -0.416. The van der Waals surface area contributed by atoms with Gasteiger partial charge in [0, 0.05) is 25.3 Å². The summed E-state index contributed by atoms with van der Waals surface area (Å²) in [4.78, 5) is 28.0. The van der Waals surface area contributed by atoms with Gasteiger partial charge in [-0.1, -0.05) is 49.1 Å². The van der Waals surface area contributed by atoms with Crippen LogP contribution in [-0.2, 0) is 14.3 Å². The highest BCUT2D eigenvalue weighted by Gasteiger charge is 2.20. The van der Waals surface area contributed by atoms with E-state index in [0.29, 0.717) is 6.54 Å². The molecule has 142 valence electrons. The molecule has 1 fully saturated rings. The Morgan fingerprint density at radius 1 is 1.27 bits per heavy atom. The van der Waals surface area contributed by atoms with E-state index in [0.717, 1.165) is 41.9 Å². The van der Waals surface area contributed by atoms with E-state index in [-0.39, 0.29) is 18.3 Å². The van der Waals surface area contributed by atoms with Gasteiger partial charge < -0.3 is 14.5 Å². The van der Waals surface area contributed by atoms with Crippen molar-refractivity contribution in [2.75, 3.05) is 36.9 Å². The average molecular weight is 395 g/mol. The number of hydrogen-bond acceptors (Lipinski definition) is 5. The van der Waals surface area contributed by atoms with Crippen LogP contribution in [0.4, 0.5) is 5.69 Å². The van der Waals surface area contributed by atoms with Gasteiger partial charge in [-0.15, -0.1) is 0 Å². The number of carbonyl (C=O) groups excluding carboxylic acids is 2. The highest BCUT2D eigenvalue weighted by atomic mass is 32.2. The summed E-state index contributed by atoms with van der Waals surface area (Å²) in [6, 6.07) is 9.35. The smallest absolute Gasteiger partial charge is 0.316 e. The maximum Gasteiger partial charge on any atom is 0.316 e. The summed E-state index contributed by atoms with van der Waals surface area (Å²) in [5, 5.41) is 0. The molecule has 1 heterocycles. The number of nitrogens with zero attached hydrogens (tertiary/aromatic N) is 2. The summed E-state index contributed by atoms with van der Waals surface area (Å²) < 4.78 is 5.87. The maximum absolute atomic E-state index is 12.3. The van der Waals surface area contributed by atoms with Gasteiger partial charge in [-0.25, -0.2) is 0 Å². The van der Waals surface area contributed by atoms with Crippen molar-refractivity contribution in [2.45, 2.75) is 26.7 Å². The number of esters is 1. The van der Waals surface area contributed by atoms with Crippen LogP contribution in [0.3, 0.4) is 0 Å². The first-order valence-electron chi connectivity index (χ1n) is 8.94. The van der Waals surface area contributed by atoms with E-state index in [9.17, 15) is 9.59 Å². The molecule has 1 amide bonds. The van der Waals surface area contributed by atoms with Crippen LogP contribution in [0.25, 0.3) is 0 Å². The Morgan fingerprint density at radius 2 is 1.92 bits per heavy atom. The molecule has 0 aromatic heterocycles. The van der Waals surface area contributed by atoms with E-state index < -0.39 is 5.97 Å². The zero-order valence-corrected chi connectivity index (χ0v) is 17.0. The number of benzene rings is 1. The van der Waals surface area contributed by atoms with Crippen molar-refractivity contribution in [3.05, 3.63) is 30.3 Å². The predicted octanol–water partition coefficient (Wildman–Crippen LogP) is 3.33. The second-order valence-corrected chi connectivity index (χ2v) is 7.97. The van der Waals surface area contributed by atoms with Gasteiger partial charge in [-0.05, 0) is 37.8 Å². The number of para-hydroxylation sites is 1. The molecule has 5 nitrogen and oxygen atoms in total. The van der Waals surface area contributed by atoms with Crippen LogP contribution < -0.4 is 4.90 Å². The molecule has 0 unspecified atom stereocenters. The lowest BCUT2D eigenvalue weighted by molar-refractivity contribution is -0.145. The number of carbonyl (C=O) groups is 2. The highest BCUT2D eigenvalue weighted by Crippen LogP contribution is 2.20. The van der Waals surface area contributed by atoms with Crippen LogP contribution in [-0.4, -0.2) is 53.1 Å². The van der Waals surface area contributed by atoms with E-state index in [1.807, 2.05) is 37.3 Å². The summed E-state index contributed by atoms with van der Waals surface area (Å²) in [7, 11) is 0. The lowest BCUT2D eigenvalue weighted by Gasteiger charge is -2.31. The number of thiocarbonyl (C=S) groups is 1. The largest absolute Gasteiger partial charge is 0.455 e. The second-order valence-electron chi connectivity index (χ2n) is 6.36. The van der Waals surface area contributed by atoms with Gasteiger partial charge in [-0.2, -0.15) is 0 Å². The Balaban J connectivity index is 1.72. The third-order valence-electron chi connectivity index (χ3n) is 4.40. The average Bonchev–Trinajstić information content (AvgIpc) is 2.66. The molecule has 1 aromatic rings. The predicted molar refractivity (Wildman–Crippen MR) is 110 cm³/mol. The number of anilines is 1. The fraction of sp³-hybridized carbons (Fsp3) is 0.526. The van der Waals surface area contributed by atoms with E-state index in [1.165, 1.54) is 11.8 Å². The van der Waals surface area contributed by atoms with Gasteiger partial charge in [0.05, 0.1) is 5.75 Å². The number of piperidine rings is 1. The summed E-state index contributed by atoms with van der Waals surface area (Å²) in [5.74, 6) is 0.223. The van der Waals surface area contributed by atoms with Crippen LogP contribution in [0.2, 0.25) is 0 Å². The van der Waals surface area contributed by atoms with Crippen molar-refractivity contribution in [3.63, 3.8) is 0 Å². The lowest BCUT2D eigenvalue weighted by atomic mass is 10.00. The maximum atomic E-state index is 12.3. The van der Waals surface area contributed by atoms with Crippen molar-refractivity contribution in [2.24, 2.45) is 5.92 Å².